The smallest absolute Gasteiger partial charge is 0.326 e. The number of aliphatic carboxylic acids is 1. The molecule has 17 heavy (non-hydrogen) atoms. The number of carboxylic acid groups (broad SMARTS) is 1. The van der Waals surface area contributed by atoms with Gasteiger partial charge in [-0.3, -0.25) is 0 Å². The Hall–Kier alpha value is -0.950. The van der Waals surface area contributed by atoms with E-state index in [0.717, 1.165) is 6.42 Å². The summed E-state index contributed by atoms with van der Waals surface area (Å²) < 4.78 is 5.11. The van der Waals surface area contributed by atoms with Gasteiger partial charge in [0, 0.05) is 6.61 Å². The molecule has 0 aromatic rings. The third kappa shape index (κ3) is 5.27. The normalized spacial score (nSPS) is 20.9. The van der Waals surface area contributed by atoms with Crippen molar-refractivity contribution in [3.8, 4) is 0 Å². The Morgan fingerprint density at radius 2 is 2.35 bits per heavy atom. The number of ether oxygens (including phenoxy) is 1. The van der Waals surface area contributed by atoms with Gasteiger partial charge in [0.05, 0.1) is 12.6 Å². The number of nitrogens with one attached hydrogen (secondary N) is 2. The van der Waals surface area contributed by atoms with Crippen LogP contribution in [-0.4, -0.2) is 54.4 Å². The van der Waals surface area contributed by atoms with Crippen LogP contribution >= 0.6 is 11.8 Å². The Balaban J connectivity index is 2.32. The zero-order valence-electron chi connectivity index (χ0n) is 9.77. The number of amides is 2. The van der Waals surface area contributed by atoms with Crippen molar-refractivity contribution in [3.05, 3.63) is 0 Å². The zero-order chi connectivity index (χ0) is 12.7. The molecular weight excluding hydrogens is 244 g/mol. The molecule has 0 saturated carbocycles. The molecule has 0 aromatic carbocycles. The van der Waals surface area contributed by atoms with Crippen LogP contribution in [-0.2, 0) is 9.53 Å². The van der Waals surface area contributed by atoms with Crippen LogP contribution in [0.15, 0.2) is 0 Å². The first-order valence-corrected chi connectivity index (χ1v) is 6.89. The van der Waals surface area contributed by atoms with Crippen LogP contribution in [0, 0.1) is 0 Å². The Morgan fingerprint density at radius 3 is 2.88 bits per heavy atom. The van der Waals surface area contributed by atoms with Crippen LogP contribution < -0.4 is 10.6 Å². The largest absolute Gasteiger partial charge is 0.480 e. The predicted molar refractivity (Wildman–Crippen MR) is 65.3 cm³/mol. The first kappa shape index (κ1) is 14.1. The molecule has 0 radical (unpaired) electrons. The van der Waals surface area contributed by atoms with E-state index in [0.29, 0.717) is 25.4 Å². The molecule has 1 aliphatic rings. The van der Waals surface area contributed by atoms with Gasteiger partial charge in [-0.1, -0.05) is 0 Å². The van der Waals surface area contributed by atoms with Crippen molar-refractivity contribution >= 4 is 23.8 Å². The number of urea groups is 1. The molecule has 2 amide bonds. The molecule has 3 N–H and O–H groups in total. The van der Waals surface area contributed by atoms with E-state index < -0.39 is 18.0 Å². The number of carbonyl (C=O) groups is 2. The highest BCUT2D eigenvalue weighted by Crippen LogP contribution is 2.04. The van der Waals surface area contributed by atoms with Crippen LogP contribution in [0.2, 0.25) is 0 Å². The van der Waals surface area contributed by atoms with Crippen LogP contribution in [0.3, 0.4) is 0 Å². The van der Waals surface area contributed by atoms with Gasteiger partial charge < -0.3 is 20.5 Å². The summed E-state index contributed by atoms with van der Waals surface area (Å²) >= 11 is 1.55. The SMILES string of the molecule is CSCCC(NC(=O)NC1CCOC1)C(=O)O. The maximum absolute atomic E-state index is 11.5. The Bertz CT molecular complexity index is 269. The highest BCUT2D eigenvalue weighted by molar-refractivity contribution is 7.98. The summed E-state index contributed by atoms with van der Waals surface area (Å²) in [5, 5.41) is 14.1. The lowest BCUT2D eigenvalue weighted by atomic mass is 10.2. The molecule has 0 aliphatic carbocycles. The average molecular weight is 262 g/mol. The lowest BCUT2D eigenvalue weighted by Gasteiger charge is -2.16. The Kier molecular flexibility index (Phi) is 6.13. The standard InChI is InChI=1S/C10H18N2O4S/c1-17-5-3-8(9(13)14)12-10(15)11-7-2-4-16-6-7/h7-8H,2-6H2,1H3,(H,13,14)(H2,11,12,15). The molecular formula is C10H18N2O4S. The van der Waals surface area contributed by atoms with Gasteiger partial charge in [-0.25, -0.2) is 9.59 Å². The molecule has 2 unspecified atom stereocenters. The van der Waals surface area contributed by atoms with Gasteiger partial charge in [-0.15, -0.1) is 0 Å². The monoisotopic (exact) mass is 262 g/mol. The fourth-order valence-corrected chi connectivity index (χ4v) is 2.00. The molecule has 1 aliphatic heterocycles. The third-order valence-corrected chi connectivity index (χ3v) is 3.12. The molecule has 1 fully saturated rings. The summed E-state index contributed by atoms with van der Waals surface area (Å²) in [6.07, 6.45) is 3.09. The van der Waals surface area contributed by atoms with E-state index in [4.69, 9.17) is 9.84 Å². The second-order valence-corrected chi connectivity index (χ2v) is 4.84. The first-order chi connectivity index (χ1) is 8.13. The van der Waals surface area contributed by atoms with E-state index >= 15 is 0 Å². The van der Waals surface area contributed by atoms with Gasteiger partial charge in [0.1, 0.15) is 6.04 Å². The van der Waals surface area contributed by atoms with Crippen LogP contribution in [0.1, 0.15) is 12.8 Å². The number of rotatable bonds is 6. The molecule has 7 heteroatoms. The van der Waals surface area contributed by atoms with Crippen LogP contribution in [0.25, 0.3) is 0 Å². The van der Waals surface area contributed by atoms with Crippen molar-refractivity contribution in [2.24, 2.45) is 0 Å². The van der Waals surface area contributed by atoms with Crippen molar-refractivity contribution < 1.29 is 19.4 Å². The van der Waals surface area contributed by atoms with E-state index in [1.54, 1.807) is 11.8 Å². The van der Waals surface area contributed by atoms with Gasteiger partial charge in [-0.05, 0) is 24.9 Å². The summed E-state index contributed by atoms with van der Waals surface area (Å²) in [6, 6.07) is -1.27. The number of carboxylic acids is 1. The Morgan fingerprint density at radius 1 is 1.59 bits per heavy atom. The van der Waals surface area contributed by atoms with Gasteiger partial charge in [0.15, 0.2) is 0 Å². The summed E-state index contributed by atoms with van der Waals surface area (Å²) in [6.45, 7) is 1.13. The molecule has 0 aromatic heterocycles. The number of thioether (sulfide) groups is 1. The predicted octanol–water partition coefficient (Wildman–Crippen LogP) is 0.281. The second-order valence-electron chi connectivity index (χ2n) is 3.85. The second kappa shape index (κ2) is 7.39. The molecule has 1 rings (SSSR count). The van der Waals surface area contributed by atoms with Crippen molar-refractivity contribution in [2.75, 3.05) is 25.2 Å². The fourth-order valence-electron chi connectivity index (χ4n) is 1.53. The molecule has 6 nitrogen and oxygen atoms in total. The average Bonchev–Trinajstić information content (AvgIpc) is 2.76. The van der Waals surface area contributed by atoms with Crippen LogP contribution in [0.5, 0.6) is 0 Å². The third-order valence-electron chi connectivity index (χ3n) is 2.48. The van der Waals surface area contributed by atoms with Gasteiger partial charge in [0.25, 0.3) is 0 Å². The fraction of sp³-hybridized carbons (Fsp3) is 0.800. The molecule has 0 spiro atoms. The number of hydrogen-bond acceptors (Lipinski definition) is 4. The van der Waals surface area contributed by atoms with Crippen molar-refractivity contribution in [1.29, 1.82) is 0 Å². The number of hydrogen-bond donors (Lipinski definition) is 3. The van der Waals surface area contributed by atoms with Crippen molar-refractivity contribution in [2.45, 2.75) is 24.9 Å². The summed E-state index contributed by atoms with van der Waals surface area (Å²) in [4.78, 5) is 22.4. The molecule has 0 bridgehead atoms. The highest BCUT2D eigenvalue weighted by atomic mass is 32.2. The van der Waals surface area contributed by atoms with E-state index in [1.165, 1.54) is 0 Å². The quantitative estimate of drug-likeness (QED) is 0.640. The first-order valence-electron chi connectivity index (χ1n) is 5.50. The van der Waals surface area contributed by atoms with Crippen LogP contribution in [0.4, 0.5) is 4.79 Å². The minimum Gasteiger partial charge on any atom is -0.480 e. The topological polar surface area (TPSA) is 87.7 Å². The van der Waals surface area contributed by atoms with E-state index in [9.17, 15) is 9.59 Å². The van der Waals surface area contributed by atoms with Crippen molar-refractivity contribution in [1.82, 2.24) is 10.6 Å². The van der Waals surface area contributed by atoms with Gasteiger partial charge in [-0.2, -0.15) is 11.8 Å². The van der Waals surface area contributed by atoms with E-state index in [1.807, 2.05) is 6.26 Å². The van der Waals surface area contributed by atoms with E-state index in [-0.39, 0.29) is 6.04 Å². The highest BCUT2D eigenvalue weighted by Gasteiger charge is 2.22. The van der Waals surface area contributed by atoms with Crippen molar-refractivity contribution in [3.63, 3.8) is 0 Å². The maximum atomic E-state index is 11.5. The summed E-state index contributed by atoms with van der Waals surface area (Å²) in [5.41, 5.74) is 0. The molecule has 2 atom stereocenters. The van der Waals surface area contributed by atoms with Gasteiger partial charge in [0.2, 0.25) is 0 Å². The minimum absolute atomic E-state index is 0.00926. The molecule has 98 valence electrons. The van der Waals surface area contributed by atoms with E-state index in [2.05, 4.69) is 10.6 Å². The lowest BCUT2D eigenvalue weighted by Crippen LogP contribution is -2.49. The number of carbonyl (C=O) groups excluding carboxylic acids is 1. The maximum Gasteiger partial charge on any atom is 0.326 e. The molecule has 1 saturated heterocycles. The lowest BCUT2D eigenvalue weighted by molar-refractivity contribution is -0.139. The zero-order valence-corrected chi connectivity index (χ0v) is 10.6. The summed E-state index contributed by atoms with van der Waals surface area (Å²) in [5.74, 6) is -0.305. The summed E-state index contributed by atoms with van der Waals surface area (Å²) in [7, 11) is 0. The van der Waals surface area contributed by atoms with Gasteiger partial charge >= 0.3 is 12.0 Å². The Labute approximate surface area is 104 Å². The minimum atomic E-state index is -1.00. The molecule has 1 heterocycles.